The van der Waals surface area contributed by atoms with E-state index < -0.39 is 47.2 Å². The van der Waals surface area contributed by atoms with Crippen LogP contribution in [0.2, 0.25) is 0 Å². The number of nitrogens with zero attached hydrogens (tertiary/aromatic N) is 6. The first-order valence-corrected chi connectivity index (χ1v) is 19.9. The van der Waals surface area contributed by atoms with Crippen molar-refractivity contribution in [3.05, 3.63) is 70.4 Å². The number of hydrogen-bond acceptors (Lipinski definition) is 13. The minimum Gasteiger partial charge on any atom is -0.444 e. The first kappa shape index (κ1) is 45.2. The van der Waals surface area contributed by atoms with E-state index in [0.29, 0.717) is 72.3 Å². The first-order chi connectivity index (χ1) is 28.7. The molecule has 0 spiro atoms. The van der Waals surface area contributed by atoms with Crippen LogP contribution >= 0.6 is 0 Å². The lowest BCUT2D eigenvalue weighted by atomic mass is 9.67. The van der Waals surface area contributed by atoms with Gasteiger partial charge in [0.2, 0.25) is 17.7 Å². The van der Waals surface area contributed by atoms with Crippen LogP contribution in [0.25, 0.3) is 32.4 Å². The molecular weight excluding hydrogens is 777 g/mol. The summed E-state index contributed by atoms with van der Waals surface area (Å²) in [5.74, 6) is -0.784. The van der Waals surface area contributed by atoms with E-state index >= 15 is 0 Å². The molecule has 0 aliphatic heterocycles. The van der Waals surface area contributed by atoms with E-state index in [4.69, 9.17) is 25.7 Å². The number of carbonyl (C=O) groups is 4. The van der Waals surface area contributed by atoms with Crippen LogP contribution in [0, 0.1) is 5.41 Å². The molecule has 60 heavy (non-hydrogen) atoms. The van der Waals surface area contributed by atoms with Crippen LogP contribution in [0.3, 0.4) is 0 Å². The Hall–Kier alpha value is -5.89. The lowest BCUT2D eigenvalue weighted by Gasteiger charge is -2.39. The highest BCUT2D eigenvalue weighted by Crippen LogP contribution is 2.41. The molecule has 1 fully saturated rings. The van der Waals surface area contributed by atoms with Crippen LogP contribution in [0.15, 0.2) is 53.6 Å². The average Bonchev–Trinajstić information content (AvgIpc) is 3.54. The van der Waals surface area contributed by atoms with Gasteiger partial charge in [-0.1, -0.05) is 41.9 Å². The molecule has 2 aromatic carbocycles. The maximum atomic E-state index is 13.6. The fourth-order valence-electron chi connectivity index (χ4n) is 6.80. The summed E-state index contributed by atoms with van der Waals surface area (Å²) in [4.78, 5) is 65.6. The van der Waals surface area contributed by atoms with Gasteiger partial charge >= 0.3 is 6.09 Å². The Morgan fingerprint density at radius 1 is 1.03 bits per heavy atom. The molecule has 20 heteroatoms. The number of pyridine rings is 1. The third-order valence-corrected chi connectivity index (χ3v) is 9.96. The third-order valence-electron chi connectivity index (χ3n) is 9.96. The number of fused-ring (bicyclic) bond motifs is 3. The molecule has 4 amide bonds. The Bertz CT molecular complexity index is 2180. The van der Waals surface area contributed by atoms with Gasteiger partial charge in [0.15, 0.2) is 12.2 Å². The van der Waals surface area contributed by atoms with Crippen LogP contribution < -0.4 is 32.3 Å². The first-order valence-electron chi connectivity index (χ1n) is 19.9. The zero-order valence-corrected chi connectivity index (χ0v) is 34.1. The highest BCUT2D eigenvalue weighted by molar-refractivity contribution is 6.09. The van der Waals surface area contributed by atoms with Crippen molar-refractivity contribution >= 4 is 57.3 Å². The van der Waals surface area contributed by atoms with Crippen LogP contribution in [-0.2, 0) is 43.6 Å². The Kier molecular flexibility index (Phi) is 15.7. The number of aliphatic hydroxyl groups excluding tert-OH is 1. The Morgan fingerprint density at radius 2 is 1.78 bits per heavy atom. The molecule has 2 aromatic heterocycles. The second-order valence-corrected chi connectivity index (χ2v) is 15.2. The molecule has 1 unspecified atom stereocenters. The molecule has 20 nitrogen and oxygen atoms in total. The highest BCUT2D eigenvalue weighted by atomic mass is 16.5. The average molecular weight is 831 g/mol. The maximum absolute atomic E-state index is 13.6. The zero-order chi connectivity index (χ0) is 43.3. The zero-order valence-electron chi connectivity index (χ0n) is 34.1. The van der Waals surface area contributed by atoms with Crippen LogP contribution in [-0.4, -0.2) is 92.8 Å². The molecule has 9 N–H and O–H groups in total. The molecule has 4 aromatic rings. The van der Waals surface area contributed by atoms with Gasteiger partial charge in [-0.05, 0) is 88.7 Å². The van der Waals surface area contributed by atoms with Crippen molar-refractivity contribution in [2.45, 2.75) is 97.0 Å². The molecule has 0 bridgehead atoms. The summed E-state index contributed by atoms with van der Waals surface area (Å²) < 4.78 is 13.1. The van der Waals surface area contributed by atoms with Gasteiger partial charge in [-0.3, -0.25) is 30.8 Å². The summed E-state index contributed by atoms with van der Waals surface area (Å²) in [5.41, 5.74) is 14.2. The standard InChI is InChI=1S/C40H54N12O8/c1-4-59-23-30-49-31-32(52(30)24-39(2,3)58)27-10-5-6-11-28(27)47-33(31)50-38(57)60-22-25-13-15-26(16-14-25)46-34(53)29(12-7-19-44-37(41)56)48-36(55)40(17-8-18-40)35(54)43-20-9-21-45-51-42/h5-6,10-11,13-16,29,37,44,56,58H,4,7-9,12,17-24,41H2,1-3H3,(H,43,54)(H,46,53)(H,48,55)(H,47,50,57)/t29-,37?/m0/s1. The van der Waals surface area contributed by atoms with Gasteiger partial charge in [0, 0.05) is 35.7 Å². The number of para-hydroxylation sites is 1. The number of hydrogen-bond donors (Lipinski definition) is 8. The minimum atomic E-state index is -1.32. The van der Waals surface area contributed by atoms with Crippen LogP contribution in [0.1, 0.15) is 70.7 Å². The largest absolute Gasteiger partial charge is 0.444 e. The molecule has 1 saturated carbocycles. The summed E-state index contributed by atoms with van der Waals surface area (Å²) in [6, 6.07) is 13.0. The number of anilines is 2. The lowest BCUT2D eigenvalue weighted by molar-refractivity contribution is -0.150. The summed E-state index contributed by atoms with van der Waals surface area (Å²) in [5, 5.41) is 38.1. The Balaban J connectivity index is 1.23. The predicted molar refractivity (Wildman–Crippen MR) is 223 cm³/mol. The molecule has 2 heterocycles. The molecule has 1 aliphatic carbocycles. The number of ether oxygens (including phenoxy) is 2. The summed E-state index contributed by atoms with van der Waals surface area (Å²) in [6.07, 6.45) is 0.241. The van der Waals surface area contributed by atoms with Gasteiger partial charge < -0.3 is 40.2 Å². The van der Waals surface area contributed by atoms with E-state index in [0.717, 1.165) is 5.39 Å². The van der Waals surface area contributed by atoms with Crippen molar-refractivity contribution in [3.63, 3.8) is 0 Å². The van der Waals surface area contributed by atoms with Crippen molar-refractivity contribution in [3.8, 4) is 0 Å². The van der Waals surface area contributed by atoms with E-state index in [1.54, 1.807) is 38.1 Å². The molecule has 322 valence electrons. The molecular formula is C40H54N12O8. The van der Waals surface area contributed by atoms with E-state index in [2.05, 4.69) is 41.6 Å². The molecule has 0 radical (unpaired) electrons. The van der Waals surface area contributed by atoms with Gasteiger partial charge in [-0.2, -0.15) is 0 Å². The number of aromatic nitrogens is 3. The number of amides is 4. The normalized spacial score (nSPS) is 14.4. The number of benzene rings is 2. The van der Waals surface area contributed by atoms with Crippen molar-refractivity contribution in [1.29, 1.82) is 0 Å². The van der Waals surface area contributed by atoms with Gasteiger partial charge in [-0.25, -0.2) is 14.8 Å². The van der Waals surface area contributed by atoms with Crippen molar-refractivity contribution < 1.29 is 38.9 Å². The second-order valence-electron chi connectivity index (χ2n) is 15.2. The molecule has 0 saturated heterocycles. The van der Waals surface area contributed by atoms with Gasteiger partial charge in [0.25, 0.3) is 0 Å². The summed E-state index contributed by atoms with van der Waals surface area (Å²) in [7, 11) is 0. The van der Waals surface area contributed by atoms with E-state index in [1.165, 1.54) is 0 Å². The summed E-state index contributed by atoms with van der Waals surface area (Å²) in [6.45, 7) is 6.72. The number of aliphatic hydroxyl groups is 2. The van der Waals surface area contributed by atoms with Gasteiger partial charge in [0.1, 0.15) is 36.0 Å². The Labute approximate surface area is 346 Å². The number of azide groups is 1. The summed E-state index contributed by atoms with van der Waals surface area (Å²) >= 11 is 0. The number of nitrogens with two attached hydrogens (primary N) is 1. The fraction of sp³-hybridized carbons (Fsp3) is 0.500. The van der Waals surface area contributed by atoms with Crippen LogP contribution in [0.5, 0.6) is 0 Å². The van der Waals surface area contributed by atoms with Crippen molar-refractivity contribution in [2.24, 2.45) is 16.3 Å². The van der Waals surface area contributed by atoms with Crippen molar-refractivity contribution in [1.82, 2.24) is 30.5 Å². The highest BCUT2D eigenvalue weighted by Gasteiger charge is 2.51. The van der Waals surface area contributed by atoms with E-state index in [-0.39, 0.29) is 51.6 Å². The molecule has 5 rings (SSSR count). The lowest BCUT2D eigenvalue weighted by Crippen LogP contribution is -2.58. The quantitative estimate of drug-likeness (QED) is 0.0141. The molecule has 1 aliphatic rings. The number of imidazole rings is 1. The van der Waals surface area contributed by atoms with Gasteiger partial charge in [0.05, 0.1) is 23.2 Å². The second kappa shape index (κ2) is 20.9. The van der Waals surface area contributed by atoms with Crippen molar-refractivity contribution in [2.75, 3.05) is 36.9 Å². The fourth-order valence-corrected chi connectivity index (χ4v) is 6.80. The van der Waals surface area contributed by atoms with Crippen LogP contribution in [0.4, 0.5) is 16.3 Å². The number of carbonyl (C=O) groups excluding carboxylic acids is 4. The topological polar surface area (TPSA) is 293 Å². The van der Waals surface area contributed by atoms with E-state index in [9.17, 15) is 29.4 Å². The third kappa shape index (κ3) is 11.9. The Morgan fingerprint density at radius 3 is 2.45 bits per heavy atom. The monoisotopic (exact) mass is 830 g/mol. The van der Waals surface area contributed by atoms with E-state index in [1.807, 2.05) is 35.8 Å². The SMILES string of the molecule is CCOCc1nc2c(NC(=O)OCc3ccc(NC(=O)[C@H](CCCNC(N)O)NC(=O)C4(C(=O)NCCCN=[N+]=[N-])CCC4)cc3)nc3ccccc3c2n1CC(C)(C)O. The molecule has 2 atom stereocenters. The smallest absolute Gasteiger partial charge is 0.413 e. The van der Waals surface area contributed by atoms with Gasteiger partial charge in [-0.15, -0.1) is 0 Å². The minimum absolute atomic E-state index is 0.117. The number of nitrogens with one attached hydrogen (secondary N) is 5. The predicted octanol–water partition coefficient (Wildman–Crippen LogP) is 3.66. The number of rotatable bonds is 22. The maximum Gasteiger partial charge on any atom is 0.413 e.